The average Bonchev–Trinajstić information content (AvgIpc) is 2.74. The smallest absolute Gasteiger partial charge is 0.369 e. The summed E-state index contributed by atoms with van der Waals surface area (Å²) >= 11 is 0. The Balaban J connectivity index is 1.48. The summed E-state index contributed by atoms with van der Waals surface area (Å²) in [6.45, 7) is 1.11. The standard InChI is InChI=1S/C20H28F3N3O3S/c21-20(22,23)17-7-4-8-18(15-17)25-10-12-26(13-11-25)30(28,29)14-9-24-19(27)16-5-2-1-3-6-16/h4,7-8,15-16H,1-3,5-6,9-14H2,(H,24,27). The van der Waals surface area contributed by atoms with Gasteiger partial charge >= 0.3 is 6.18 Å². The van der Waals surface area contributed by atoms with Crippen molar-refractivity contribution in [3.05, 3.63) is 29.8 Å². The summed E-state index contributed by atoms with van der Waals surface area (Å²) < 4.78 is 65.2. The third kappa shape index (κ3) is 5.87. The van der Waals surface area contributed by atoms with Crippen molar-refractivity contribution in [1.29, 1.82) is 0 Å². The number of hydrogen-bond acceptors (Lipinski definition) is 4. The van der Waals surface area contributed by atoms with E-state index in [9.17, 15) is 26.4 Å². The van der Waals surface area contributed by atoms with Gasteiger partial charge in [-0.2, -0.15) is 17.5 Å². The van der Waals surface area contributed by atoms with E-state index in [-0.39, 0.29) is 37.2 Å². The molecule has 1 aromatic rings. The Morgan fingerprint density at radius 1 is 1.07 bits per heavy atom. The van der Waals surface area contributed by atoms with Crippen molar-refractivity contribution in [2.45, 2.75) is 38.3 Å². The zero-order valence-electron chi connectivity index (χ0n) is 16.8. The second kappa shape index (κ2) is 9.55. The van der Waals surface area contributed by atoms with Crippen LogP contribution in [0.4, 0.5) is 18.9 Å². The number of halogens is 3. The lowest BCUT2D eigenvalue weighted by molar-refractivity contribution is -0.137. The van der Waals surface area contributed by atoms with Crippen LogP contribution in [0.15, 0.2) is 24.3 Å². The molecule has 0 atom stereocenters. The first-order valence-corrected chi connectivity index (χ1v) is 12.0. The van der Waals surface area contributed by atoms with Crippen LogP contribution in [0.1, 0.15) is 37.7 Å². The fraction of sp³-hybridized carbons (Fsp3) is 0.650. The molecule has 6 nitrogen and oxygen atoms in total. The van der Waals surface area contributed by atoms with Gasteiger partial charge in [-0.3, -0.25) is 4.79 Å². The Morgan fingerprint density at radius 3 is 2.37 bits per heavy atom. The average molecular weight is 448 g/mol. The molecule has 0 spiro atoms. The Labute approximate surface area is 175 Å². The maximum atomic E-state index is 12.9. The van der Waals surface area contributed by atoms with E-state index in [1.807, 2.05) is 0 Å². The summed E-state index contributed by atoms with van der Waals surface area (Å²) in [6, 6.07) is 5.06. The molecule has 1 amide bonds. The number of hydrogen-bond donors (Lipinski definition) is 1. The van der Waals surface area contributed by atoms with Gasteiger partial charge in [-0.15, -0.1) is 0 Å². The van der Waals surface area contributed by atoms with Crippen LogP contribution in [0.3, 0.4) is 0 Å². The third-order valence-corrected chi connectivity index (χ3v) is 7.68. The van der Waals surface area contributed by atoms with E-state index in [2.05, 4.69) is 5.32 Å². The molecule has 1 aliphatic carbocycles. The normalized spacial score (nSPS) is 19.6. The Kier molecular flexibility index (Phi) is 7.28. The number of nitrogens with one attached hydrogen (secondary N) is 1. The molecule has 1 saturated heterocycles. The molecule has 0 aromatic heterocycles. The number of piperazine rings is 1. The first-order chi connectivity index (χ1) is 14.2. The van der Waals surface area contributed by atoms with Crippen molar-refractivity contribution in [1.82, 2.24) is 9.62 Å². The largest absolute Gasteiger partial charge is 0.416 e. The summed E-state index contributed by atoms with van der Waals surface area (Å²) in [4.78, 5) is 13.9. The van der Waals surface area contributed by atoms with Crippen LogP contribution in [0.25, 0.3) is 0 Å². The molecule has 2 fully saturated rings. The highest BCUT2D eigenvalue weighted by Gasteiger charge is 2.32. The topological polar surface area (TPSA) is 69.7 Å². The quantitative estimate of drug-likeness (QED) is 0.728. The monoisotopic (exact) mass is 447 g/mol. The van der Waals surface area contributed by atoms with Crippen LogP contribution in [0.2, 0.25) is 0 Å². The highest BCUT2D eigenvalue weighted by atomic mass is 32.2. The molecule has 30 heavy (non-hydrogen) atoms. The first kappa shape index (κ1) is 22.9. The molecule has 1 N–H and O–H groups in total. The van der Waals surface area contributed by atoms with Gasteiger partial charge in [0.2, 0.25) is 15.9 Å². The van der Waals surface area contributed by atoms with Gasteiger partial charge in [0, 0.05) is 44.3 Å². The Hall–Kier alpha value is -1.81. The van der Waals surface area contributed by atoms with Gasteiger partial charge < -0.3 is 10.2 Å². The van der Waals surface area contributed by atoms with Gasteiger partial charge in [-0.1, -0.05) is 25.3 Å². The number of nitrogens with zero attached hydrogens (tertiary/aromatic N) is 2. The second-order valence-corrected chi connectivity index (χ2v) is 9.96. The fourth-order valence-corrected chi connectivity index (χ4v) is 5.38. The van der Waals surface area contributed by atoms with Crippen molar-refractivity contribution in [3.8, 4) is 0 Å². The summed E-state index contributed by atoms with van der Waals surface area (Å²) in [6.07, 6.45) is 0.513. The van der Waals surface area contributed by atoms with Crippen LogP contribution < -0.4 is 10.2 Å². The lowest BCUT2D eigenvalue weighted by Crippen LogP contribution is -2.50. The Morgan fingerprint density at radius 2 is 1.73 bits per heavy atom. The van der Waals surface area contributed by atoms with Gasteiger partial charge in [0.1, 0.15) is 0 Å². The van der Waals surface area contributed by atoms with Gasteiger partial charge in [0.25, 0.3) is 0 Å². The SMILES string of the molecule is O=C(NCCS(=O)(=O)N1CCN(c2cccc(C(F)(F)F)c2)CC1)C1CCCCC1. The van der Waals surface area contributed by atoms with Crippen molar-refractivity contribution in [2.24, 2.45) is 5.92 Å². The molecule has 1 heterocycles. The molecule has 10 heteroatoms. The number of alkyl halides is 3. The maximum absolute atomic E-state index is 12.9. The summed E-state index contributed by atoms with van der Waals surface area (Å²) in [5, 5.41) is 2.74. The van der Waals surface area contributed by atoms with Gasteiger partial charge in [-0.05, 0) is 31.0 Å². The minimum absolute atomic E-state index is 0.0162. The molecule has 168 valence electrons. The van der Waals surface area contributed by atoms with Crippen molar-refractivity contribution in [2.75, 3.05) is 43.4 Å². The third-order valence-electron chi connectivity index (χ3n) is 5.81. The number of sulfonamides is 1. The molecular formula is C20H28F3N3O3S. The number of carbonyl (C=O) groups excluding carboxylic acids is 1. The first-order valence-electron chi connectivity index (χ1n) is 10.3. The highest BCUT2D eigenvalue weighted by Crippen LogP contribution is 2.32. The molecule has 3 rings (SSSR count). The molecule has 2 aliphatic rings. The summed E-state index contributed by atoms with van der Waals surface area (Å²) in [5.41, 5.74) is -0.287. The van der Waals surface area contributed by atoms with Crippen LogP contribution in [0, 0.1) is 5.92 Å². The lowest BCUT2D eigenvalue weighted by atomic mass is 9.89. The Bertz CT molecular complexity index is 831. The van der Waals surface area contributed by atoms with Crippen molar-refractivity contribution >= 4 is 21.6 Å². The molecule has 0 unspecified atom stereocenters. The minimum atomic E-state index is -4.41. The van der Waals surface area contributed by atoms with E-state index in [1.165, 1.54) is 10.4 Å². The minimum Gasteiger partial charge on any atom is -0.369 e. The zero-order chi connectivity index (χ0) is 21.8. The lowest BCUT2D eigenvalue weighted by Gasteiger charge is -2.35. The predicted octanol–water partition coefficient (Wildman–Crippen LogP) is 2.85. The predicted molar refractivity (Wildman–Crippen MR) is 109 cm³/mol. The number of carbonyl (C=O) groups is 1. The number of benzene rings is 1. The number of amides is 1. The molecule has 1 aromatic carbocycles. The van der Waals surface area contributed by atoms with Crippen LogP contribution in [-0.2, 0) is 21.0 Å². The maximum Gasteiger partial charge on any atom is 0.416 e. The number of anilines is 1. The molecule has 1 saturated carbocycles. The van der Waals surface area contributed by atoms with Crippen LogP contribution >= 0.6 is 0 Å². The summed E-state index contributed by atoms with van der Waals surface area (Å²) in [5.74, 6) is -0.258. The van der Waals surface area contributed by atoms with E-state index in [0.717, 1.165) is 44.2 Å². The van der Waals surface area contributed by atoms with Gasteiger partial charge in [0.15, 0.2) is 0 Å². The molecular weight excluding hydrogens is 419 g/mol. The molecule has 0 radical (unpaired) electrons. The van der Waals surface area contributed by atoms with Crippen LogP contribution in [0.5, 0.6) is 0 Å². The second-order valence-electron chi connectivity index (χ2n) is 7.88. The molecule has 1 aliphatic heterocycles. The van der Waals surface area contributed by atoms with E-state index >= 15 is 0 Å². The van der Waals surface area contributed by atoms with E-state index in [0.29, 0.717) is 18.8 Å². The highest BCUT2D eigenvalue weighted by molar-refractivity contribution is 7.89. The van der Waals surface area contributed by atoms with Crippen LogP contribution in [-0.4, -0.2) is 57.1 Å². The zero-order valence-corrected chi connectivity index (χ0v) is 17.6. The van der Waals surface area contributed by atoms with Crippen molar-refractivity contribution < 1.29 is 26.4 Å². The summed E-state index contributed by atoms with van der Waals surface area (Å²) in [7, 11) is -3.53. The number of rotatable bonds is 6. The fourth-order valence-electron chi connectivity index (χ4n) is 4.04. The molecule has 0 bridgehead atoms. The van der Waals surface area contributed by atoms with E-state index < -0.39 is 21.8 Å². The van der Waals surface area contributed by atoms with E-state index in [4.69, 9.17) is 0 Å². The van der Waals surface area contributed by atoms with Crippen molar-refractivity contribution in [3.63, 3.8) is 0 Å². The van der Waals surface area contributed by atoms with Gasteiger partial charge in [-0.25, -0.2) is 8.42 Å². The van der Waals surface area contributed by atoms with Gasteiger partial charge in [0.05, 0.1) is 11.3 Å². The van der Waals surface area contributed by atoms with E-state index in [1.54, 1.807) is 11.0 Å².